The summed E-state index contributed by atoms with van der Waals surface area (Å²) in [5.74, 6) is 0. The molecule has 0 saturated heterocycles. The van der Waals surface area contributed by atoms with Crippen molar-refractivity contribution in [2.24, 2.45) is 0 Å². The highest BCUT2D eigenvalue weighted by molar-refractivity contribution is 7.14. The number of aromatic nitrogens is 1. The molecule has 1 amide bonds. The van der Waals surface area contributed by atoms with Crippen LogP contribution >= 0.6 is 11.3 Å². The van der Waals surface area contributed by atoms with Gasteiger partial charge in [-0.2, -0.15) is 0 Å². The third-order valence-electron chi connectivity index (χ3n) is 1.42. The van der Waals surface area contributed by atoms with E-state index in [1.165, 1.54) is 16.2 Å². The molecule has 78 valence electrons. The van der Waals surface area contributed by atoms with E-state index in [0.29, 0.717) is 0 Å². The molecule has 0 aliphatic carbocycles. The van der Waals surface area contributed by atoms with Crippen LogP contribution in [0.1, 0.15) is 20.8 Å². The van der Waals surface area contributed by atoms with Gasteiger partial charge in [-0.15, -0.1) is 11.3 Å². The Bertz CT molecular complexity index is 303. The Kier molecular flexibility index (Phi) is 3.10. The Morgan fingerprint density at radius 3 is 2.64 bits per heavy atom. The lowest BCUT2D eigenvalue weighted by atomic mass is 10.2. The second-order valence-electron chi connectivity index (χ2n) is 3.88. The van der Waals surface area contributed by atoms with E-state index in [1.54, 1.807) is 18.8 Å². The van der Waals surface area contributed by atoms with Crippen molar-refractivity contribution in [3.05, 3.63) is 11.7 Å². The molecule has 1 rings (SSSR count). The lowest BCUT2D eigenvalue weighted by molar-refractivity contribution is 0.0590. The average molecular weight is 214 g/mol. The number of carbonyl (C=O) groups is 1. The van der Waals surface area contributed by atoms with Crippen LogP contribution in [-0.2, 0) is 4.74 Å². The molecule has 5 heteroatoms. The molecule has 0 aliphatic rings. The van der Waals surface area contributed by atoms with Crippen molar-refractivity contribution in [3.63, 3.8) is 0 Å². The molecule has 1 heterocycles. The number of thiazole rings is 1. The molecular formula is C9H14N2O2S. The summed E-state index contributed by atoms with van der Waals surface area (Å²) in [4.78, 5) is 16.9. The van der Waals surface area contributed by atoms with E-state index in [0.717, 1.165) is 5.00 Å². The lowest BCUT2D eigenvalue weighted by Gasteiger charge is -2.23. The minimum Gasteiger partial charge on any atom is -0.443 e. The molecular weight excluding hydrogens is 200 g/mol. The number of ether oxygens (including phenoxy) is 1. The average Bonchev–Trinajstić information content (AvgIpc) is 2.51. The zero-order valence-corrected chi connectivity index (χ0v) is 9.59. The molecule has 1 aromatic heterocycles. The summed E-state index contributed by atoms with van der Waals surface area (Å²) in [5.41, 5.74) is 1.21. The third-order valence-corrected chi connectivity index (χ3v) is 2.27. The van der Waals surface area contributed by atoms with Crippen molar-refractivity contribution in [1.29, 1.82) is 0 Å². The van der Waals surface area contributed by atoms with Gasteiger partial charge in [0, 0.05) is 7.05 Å². The maximum atomic E-state index is 11.5. The molecule has 0 atom stereocenters. The molecule has 0 aromatic carbocycles. The van der Waals surface area contributed by atoms with Gasteiger partial charge in [0.1, 0.15) is 10.6 Å². The van der Waals surface area contributed by atoms with Gasteiger partial charge in [-0.05, 0) is 20.8 Å². The molecule has 14 heavy (non-hydrogen) atoms. The van der Waals surface area contributed by atoms with E-state index in [2.05, 4.69) is 4.98 Å². The molecule has 0 bridgehead atoms. The van der Waals surface area contributed by atoms with Gasteiger partial charge in [-0.1, -0.05) is 0 Å². The fourth-order valence-electron chi connectivity index (χ4n) is 0.795. The summed E-state index contributed by atoms with van der Waals surface area (Å²) in [6, 6.07) is 0. The number of rotatable bonds is 1. The number of carbonyl (C=O) groups excluding carboxylic acids is 1. The molecule has 0 saturated carbocycles. The van der Waals surface area contributed by atoms with Crippen molar-refractivity contribution >= 4 is 22.4 Å². The monoisotopic (exact) mass is 214 g/mol. The first kappa shape index (κ1) is 11.0. The predicted octanol–water partition coefficient (Wildman–Crippen LogP) is 2.51. The normalized spacial score (nSPS) is 11.1. The zero-order valence-electron chi connectivity index (χ0n) is 8.77. The SMILES string of the molecule is CN(C(=O)OC(C)(C)C)c1cncs1. The summed E-state index contributed by atoms with van der Waals surface area (Å²) >= 11 is 1.40. The van der Waals surface area contributed by atoms with Crippen molar-refractivity contribution < 1.29 is 9.53 Å². The molecule has 0 N–H and O–H groups in total. The molecule has 4 nitrogen and oxygen atoms in total. The van der Waals surface area contributed by atoms with Crippen molar-refractivity contribution in [3.8, 4) is 0 Å². The van der Waals surface area contributed by atoms with Gasteiger partial charge < -0.3 is 4.74 Å². The topological polar surface area (TPSA) is 42.4 Å². The lowest BCUT2D eigenvalue weighted by Crippen LogP contribution is -2.33. The van der Waals surface area contributed by atoms with E-state index in [9.17, 15) is 4.79 Å². The van der Waals surface area contributed by atoms with E-state index in [4.69, 9.17) is 4.74 Å². The second-order valence-corrected chi connectivity index (χ2v) is 4.74. The number of anilines is 1. The highest BCUT2D eigenvalue weighted by atomic mass is 32.1. The first-order valence-electron chi connectivity index (χ1n) is 4.25. The van der Waals surface area contributed by atoms with Gasteiger partial charge in [-0.25, -0.2) is 4.79 Å². The number of amides is 1. The van der Waals surface area contributed by atoms with Crippen LogP contribution < -0.4 is 4.90 Å². The standard InChI is InChI=1S/C9H14N2O2S/c1-9(2,3)13-8(12)11(4)7-5-10-6-14-7/h5-6H,1-4H3. The van der Waals surface area contributed by atoms with Crippen LogP contribution in [0.4, 0.5) is 9.80 Å². The summed E-state index contributed by atoms with van der Waals surface area (Å²) in [6.07, 6.45) is 1.27. The highest BCUT2D eigenvalue weighted by Gasteiger charge is 2.20. The van der Waals surface area contributed by atoms with Gasteiger partial charge in [0.2, 0.25) is 0 Å². The number of hydrogen-bond donors (Lipinski definition) is 0. The predicted molar refractivity (Wildman–Crippen MR) is 56.8 cm³/mol. The van der Waals surface area contributed by atoms with E-state index in [1.807, 2.05) is 20.8 Å². The smallest absolute Gasteiger partial charge is 0.415 e. The minimum absolute atomic E-state index is 0.359. The molecule has 0 fully saturated rings. The maximum absolute atomic E-state index is 11.5. The largest absolute Gasteiger partial charge is 0.443 e. The summed E-state index contributed by atoms with van der Waals surface area (Å²) in [7, 11) is 1.67. The fraction of sp³-hybridized carbons (Fsp3) is 0.556. The van der Waals surface area contributed by atoms with E-state index in [-0.39, 0.29) is 6.09 Å². The van der Waals surface area contributed by atoms with Crippen LogP contribution in [0.3, 0.4) is 0 Å². The van der Waals surface area contributed by atoms with Crippen molar-refractivity contribution in [1.82, 2.24) is 4.98 Å². The third kappa shape index (κ3) is 2.99. The van der Waals surface area contributed by atoms with E-state index >= 15 is 0 Å². The Morgan fingerprint density at radius 2 is 2.21 bits per heavy atom. The van der Waals surface area contributed by atoms with Gasteiger partial charge in [-0.3, -0.25) is 9.88 Å². The summed E-state index contributed by atoms with van der Waals surface area (Å²) < 4.78 is 5.19. The van der Waals surface area contributed by atoms with Crippen molar-refractivity contribution in [2.75, 3.05) is 11.9 Å². The van der Waals surface area contributed by atoms with Gasteiger partial charge in [0.05, 0.1) is 11.7 Å². The van der Waals surface area contributed by atoms with Gasteiger partial charge >= 0.3 is 6.09 Å². The Hall–Kier alpha value is -1.10. The van der Waals surface area contributed by atoms with Crippen LogP contribution in [0.15, 0.2) is 11.7 Å². The van der Waals surface area contributed by atoms with Crippen LogP contribution in [0.25, 0.3) is 0 Å². The molecule has 1 aromatic rings. The minimum atomic E-state index is -0.462. The Labute approximate surface area is 87.5 Å². The summed E-state index contributed by atoms with van der Waals surface area (Å²) in [6.45, 7) is 5.52. The second kappa shape index (κ2) is 3.96. The molecule has 0 unspecified atom stereocenters. The summed E-state index contributed by atoms with van der Waals surface area (Å²) in [5, 5.41) is 0.777. The van der Waals surface area contributed by atoms with E-state index < -0.39 is 5.60 Å². The van der Waals surface area contributed by atoms with Gasteiger partial charge in [0.15, 0.2) is 0 Å². The first-order valence-corrected chi connectivity index (χ1v) is 5.13. The van der Waals surface area contributed by atoms with Crippen LogP contribution in [0, 0.1) is 0 Å². The maximum Gasteiger partial charge on any atom is 0.415 e. The number of nitrogens with zero attached hydrogens (tertiary/aromatic N) is 2. The number of hydrogen-bond acceptors (Lipinski definition) is 4. The molecule has 0 aliphatic heterocycles. The molecule has 0 spiro atoms. The quantitative estimate of drug-likeness (QED) is 0.721. The van der Waals surface area contributed by atoms with Crippen LogP contribution in [0.2, 0.25) is 0 Å². The van der Waals surface area contributed by atoms with Gasteiger partial charge in [0.25, 0.3) is 0 Å². The van der Waals surface area contributed by atoms with Crippen LogP contribution in [-0.4, -0.2) is 23.7 Å². The first-order chi connectivity index (χ1) is 6.40. The molecule has 0 radical (unpaired) electrons. The fourth-order valence-corrected chi connectivity index (χ4v) is 1.38. The Morgan fingerprint density at radius 1 is 1.57 bits per heavy atom. The van der Waals surface area contributed by atoms with Crippen molar-refractivity contribution in [2.45, 2.75) is 26.4 Å². The highest BCUT2D eigenvalue weighted by Crippen LogP contribution is 2.19. The van der Waals surface area contributed by atoms with Crippen LogP contribution in [0.5, 0.6) is 0 Å². The zero-order chi connectivity index (χ0) is 10.8. The Balaban J connectivity index is 2.63.